The highest BCUT2D eigenvalue weighted by Gasteiger charge is 2.42. The summed E-state index contributed by atoms with van der Waals surface area (Å²) in [6, 6.07) is 0. The van der Waals surface area contributed by atoms with Crippen molar-refractivity contribution in [3.05, 3.63) is 11.7 Å². The highest BCUT2D eigenvalue weighted by atomic mass is 16.5. The molecule has 25 heavy (non-hydrogen) atoms. The third-order valence-electron chi connectivity index (χ3n) is 5.58. The number of carbonyl (C=O) groups is 2. The molecule has 136 valence electrons. The molecule has 0 bridgehead atoms. The summed E-state index contributed by atoms with van der Waals surface area (Å²) in [6.45, 7) is 4.76. The summed E-state index contributed by atoms with van der Waals surface area (Å²) >= 11 is 0. The Balaban J connectivity index is 1.16. The molecule has 0 spiro atoms. The van der Waals surface area contributed by atoms with E-state index >= 15 is 0 Å². The Morgan fingerprint density at radius 2 is 1.84 bits per heavy atom. The summed E-state index contributed by atoms with van der Waals surface area (Å²) in [5.74, 6) is 3.18. The van der Waals surface area contributed by atoms with Gasteiger partial charge in [0.2, 0.25) is 17.7 Å². The van der Waals surface area contributed by atoms with E-state index in [0.717, 1.165) is 31.5 Å². The van der Waals surface area contributed by atoms with Crippen LogP contribution in [0.1, 0.15) is 56.7 Å². The van der Waals surface area contributed by atoms with Crippen LogP contribution in [0.3, 0.4) is 0 Å². The second-order valence-corrected chi connectivity index (χ2v) is 7.70. The summed E-state index contributed by atoms with van der Waals surface area (Å²) in [5, 5.41) is 4.00. The van der Waals surface area contributed by atoms with Crippen LogP contribution < -0.4 is 0 Å². The molecule has 2 saturated carbocycles. The molecular weight excluding hydrogens is 320 g/mol. The van der Waals surface area contributed by atoms with Gasteiger partial charge in [0.15, 0.2) is 5.82 Å². The van der Waals surface area contributed by atoms with Crippen LogP contribution in [0, 0.1) is 11.8 Å². The van der Waals surface area contributed by atoms with Crippen molar-refractivity contribution in [2.24, 2.45) is 11.8 Å². The molecule has 1 aromatic heterocycles. The van der Waals surface area contributed by atoms with E-state index in [2.05, 4.69) is 17.1 Å². The van der Waals surface area contributed by atoms with Crippen molar-refractivity contribution in [2.45, 2.75) is 51.4 Å². The largest absolute Gasteiger partial charge is 0.339 e. The van der Waals surface area contributed by atoms with Gasteiger partial charge in [-0.25, -0.2) is 0 Å². The molecule has 2 atom stereocenters. The molecule has 2 aliphatic carbocycles. The van der Waals surface area contributed by atoms with Gasteiger partial charge in [-0.15, -0.1) is 0 Å². The third kappa shape index (κ3) is 3.85. The highest BCUT2D eigenvalue weighted by molar-refractivity contribution is 5.82. The SMILES string of the molecule is C[C@H]1C[C@H]1C(=O)N1CCN(C(=O)CCCc2nc(C3CC3)no2)CC1. The van der Waals surface area contributed by atoms with E-state index in [0.29, 0.717) is 56.7 Å². The standard InChI is InChI=1S/C18H26N4O3/c1-12-11-14(12)18(24)22-9-7-21(8-10-22)16(23)4-2-3-15-19-17(20-25-15)13-5-6-13/h12-14H,2-11H2,1H3/t12-,14+/m0/s1. The number of piperazine rings is 1. The van der Waals surface area contributed by atoms with Gasteiger partial charge in [-0.1, -0.05) is 12.1 Å². The predicted molar refractivity (Wildman–Crippen MR) is 89.6 cm³/mol. The first-order valence-electron chi connectivity index (χ1n) is 9.51. The van der Waals surface area contributed by atoms with Gasteiger partial charge in [0.25, 0.3) is 0 Å². The first-order valence-corrected chi connectivity index (χ1v) is 9.51. The number of aryl methyl sites for hydroxylation is 1. The van der Waals surface area contributed by atoms with E-state index in [1.165, 1.54) is 0 Å². The summed E-state index contributed by atoms with van der Waals surface area (Å²) in [7, 11) is 0. The number of rotatable bonds is 6. The van der Waals surface area contributed by atoms with E-state index < -0.39 is 0 Å². The fourth-order valence-electron chi connectivity index (χ4n) is 3.50. The zero-order chi connectivity index (χ0) is 17.4. The van der Waals surface area contributed by atoms with Crippen LogP contribution in [0.4, 0.5) is 0 Å². The molecule has 1 saturated heterocycles. The van der Waals surface area contributed by atoms with Crippen LogP contribution in [-0.4, -0.2) is 57.9 Å². The van der Waals surface area contributed by atoms with E-state index in [9.17, 15) is 9.59 Å². The monoisotopic (exact) mass is 346 g/mol. The van der Waals surface area contributed by atoms with Crippen molar-refractivity contribution >= 4 is 11.8 Å². The lowest BCUT2D eigenvalue weighted by molar-refractivity contribution is -0.140. The zero-order valence-corrected chi connectivity index (χ0v) is 14.8. The molecule has 2 amide bonds. The van der Waals surface area contributed by atoms with Crippen molar-refractivity contribution in [3.63, 3.8) is 0 Å². The number of amides is 2. The molecule has 3 fully saturated rings. The van der Waals surface area contributed by atoms with Gasteiger partial charge in [-0.05, 0) is 31.6 Å². The van der Waals surface area contributed by atoms with Gasteiger partial charge in [0.1, 0.15) is 0 Å². The van der Waals surface area contributed by atoms with E-state index in [4.69, 9.17) is 4.52 Å². The molecular formula is C18H26N4O3. The van der Waals surface area contributed by atoms with Gasteiger partial charge in [-0.2, -0.15) is 4.98 Å². The Kier molecular flexibility index (Phi) is 4.48. The predicted octanol–water partition coefficient (Wildman–Crippen LogP) is 1.60. The second-order valence-electron chi connectivity index (χ2n) is 7.70. The zero-order valence-electron chi connectivity index (χ0n) is 14.8. The second kappa shape index (κ2) is 6.77. The van der Waals surface area contributed by atoms with Crippen molar-refractivity contribution in [2.75, 3.05) is 26.2 Å². The quantitative estimate of drug-likeness (QED) is 0.782. The summed E-state index contributed by atoms with van der Waals surface area (Å²) in [6.07, 6.45) is 5.22. The molecule has 2 heterocycles. The molecule has 0 unspecified atom stereocenters. The van der Waals surface area contributed by atoms with Crippen molar-refractivity contribution in [1.82, 2.24) is 19.9 Å². The molecule has 0 N–H and O–H groups in total. The van der Waals surface area contributed by atoms with Crippen molar-refractivity contribution in [3.8, 4) is 0 Å². The lowest BCUT2D eigenvalue weighted by Gasteiger charge is -2.35. The van der Waals surface area contributed by atoms with Crippen LogP contribution in [0.5, 0.6) is 0 Å². The Labute approximate surface area is 147 Å². The van der Waals surface area contributed by atoms with Crippen molar-refractivity contribution < 1.29 is 14.1 Å². The summed E-state index contributed by atoms with van der Waals surface area (Å²) < 4.78 is 5.24. The Hall–Kier alpha value is -1.92. The number of hydrogen-bond donors (Lipinski definition) is 0. The maximum Gasteiger partial charge on any atom is 0.226 e. The number of hydrogen-bond acceptors (Lipinski definition) is 5. The minimum atomic E-state index is 0.161. The molecule has 1 aromatic rings. The highest BCUT2D eigenvalue weighted by Crippen LogP contribution is 2.39. The summed E-state index contributed by atoms with van der Waals surface area (Å²) in [4.78, 5) is 32.8. The number of carbonyl (C=O) groups excluding carboxylic acids is 2. The van der Waals surface area contributed by atoms with Crippen molar-refractivity contribution in [1.29, 1.82) is 0 Å². The normalized spacial score (nSPS) is 26.0. The maximum absolute atomic E-state index is 12.3. The minimum Gasteiger partial charge on any atom is -0.339 e. The van der Waals surface area contributed by atoms with Gasteiger partial charge in [-0.3, -0.25) is 9.59 Å². The first kappa shape index (κ1) is 16.5. The lowest BCUT2D eigenvalue weighted by atomic mass is 10.2. The minimum absolute atomic E-state index is 0.161. The van der Waals surface area contributed by atoms with Gasteiger partial charge in [0.05, 0.1) is 0 Å². The molecule has 1 aliphatic heterocycles. The fraction of sp³-hybridized carbons (Fsp3) is 0.778. The molecule has 7 nitrogen and oxygen atoms in total. The molecule has 0 aromatic carbocycles. The smallest absolute Gasteiger partial charge is 0.226 e. The third-order valence-corrected chi connectivity index (χ3v) is 5.58. The van der Waals surface area contributed by atoms with Gasteiger partial charge < -0.3 is 14.3 Å². The van der Waals surface area contributed by atoms with Gasteiger partial charge >= 0.3 is 0 Å². The van der Waals surface area contributed by atoms with Crippen LogP contribution >= 0.6 is 0 Å². The Morgan fingerprint density at radius 1 is 1.16 bits per heavy atom. The molecule has 3 aliphatic rings. The number of aromatic nitrogens is 2. The van der Waals surface area contributed by atoms with Crippen LogP contribution in [-0.2, 0) is 16.0 Å². The topological polar surface area (TPSA) is 79.5 Å². The molecule has 0 radical (unpaired) electrons. The van der Waals surface area contributed by atoms with Crippen LogP contribution in [0.2, 0.25) is 0 Å². The Morgan fingerprint density at radius 3 is 2.48 bits per heavy atom. The van der Waals surface area contributed by atoms with E-state index in [-0.39, 0.29) is 17.7 Å². The van der Waals surface area contributed by atoms with Gasteiger partial charge in [0, 0.05) is 50.9 Å². The molecule has 4 rings (SSSR count). The molecule has 7 heteroatoms. The fourth-order valence-corrected chi connectivity index (χ4v) is 3.50. The average molecular weight is 346 g/mol. The first-order chi connectivity index (χ1) is 12.1. The van der Waals surface area contributed by atoms with Crippen LogP contribution in [0.25, 0.3) is 0 Å². The average Bonchev–Trinajstić information content (AvgIpc) is 3.55. The summed E-state index contributed by atoms with van der Waals surface area (Å²) in [5.41, 5.74) is 0. The lowest BCUT2D eigenvalue weighted by Crippen LogP contribution is -2.51. The van der Waals surface area contributed by atoms with E-state index in [1.807, 2.05) is 9.80 Å². The van der Waals surface area contributed by atoms with E-state index in [1.54, 1.807) is 0 Å². The van der Waals surface area contributed by atoms with Crippen LogP contribution in [0.15, 0.2) is 4.52 Å². The number of nitrogens with zero attached hydrogens (tertiary/aromatic N) is 4. The maximum atomic E-state index is 12.3. The Bertz CT molecular complexity index is 647.